The number of amidine groups is 1. The fourth-order valence-electron chi connectivity index (χ4n) is 2.21. The highest BCUT2D eigenvalue weighted by atomic mass is 16.4. The van der Waals surface area contributed by atoms with Crippen molar-refractivity contribution in [1.82, 2.24) is 5.32 Å². The Morgan fingerprint density at radius 3 is 2.47 bits per heavy atom. The number of primary amides is 1. The van der Waals surface area contributed by atoms with Crippen molar-refractivity contribution in [1.29, 1.82) is 0 Å². The van der Waals surface area contributed by atoms with E-state index in [1.807, 2.05) is 0 Å². The smallest absolute Gasteiger partial charge is 0.220 e. The van der Waals surface area contributed by atoms with E-state index in [2.05, 4.69) is 10.5 Å². The van der Waals surface area contributed by atoms with Gasteiger partial charge in [0, 0.05) is 18.4 Å². The molecule has 1 amide bonds. The van der Waals surface area contributed by atoms with E-state index >= 15 is 0 Å². The van der Waals surface area contributed by atoms with E-state index in [0.717, 1.165) is 38.6 Å². The molecule has 1 fully saturated rings. The van der Waals surface area contributed by atoms with Crippen molar-refractivity contribution in [3.8, 4) is 0 Å². The van der Waals surface area contributed by atoms with Gasteiger partial charge in [-0.2, -0.15) is 0 Å². The van der Waals surface area contributed by atoms with Crippen LogP contribution < -0.4 is 16.8 Å². The molecule has 6 heteroatoms. The summed E-state index contributed by atoms with van der Waals surface area (Å²) in [6, 6.07) is 0.470. The molecule has 1 saturated carbocycles. The quantitative estimate of drug-likeness (QED) is 0.174. The first-order valence-electron chi connectivity index (χ1n) is 6.12. The lowest BCUT2D eigenvalue weighted by Crippen LogP contribution is -2.37. The van der Waals surface area contributed by atoms with Crippen LogP contribution in [0.15, 0.2) is 5.16 Å². The Morgan fingerprint density at radius 2 is 1.94 bits per heavy atom. The summed E-state index contributed by atoms with van der Waals surface area (Å²) in [5.41, 5.74) is 10.6. The molecule has 6 N–H and O–H groups in total. The minimum absolute atomic E-state index is 0.0604. The van der Waals surface area contributed by atoms with Gasteiger partial charge in [0.2, 0.25) is 5.91 Å². The van der Waals surface area contributed by atoms with Gasteiger partial charge in [-0.3, -0.25) is 4.79 Å². The summed E-state index contributed by atoms with van der Waals surface area (Å²) < 4.78 is 0. The molecule has 0 radical (unpaired) electrons. The van der Waals surface area contributed by atoms with Gasteiger partial charge in [0.1, 0.15) is 5.84 Å². The number of hydrogen-bond donors (Lipinski definition) is 4. The van der Waals surface area contributed by atoms with Crippen LogP contribution in [0.25, 0.3) is 0 Å². The molecule has 0 unspecified atom stereocenters. The summed E-state index contributed by atoms with van der Waals surface area (Å²) in [4.78, 5) is 11.0. The zero-order chi connectivity index (χ0) is 12.7. The Bertz CT molecular complexity index is 273. The van der Waals surface area contributed by atoms with Gasteiger partial charge in [-0.15, -0.1) is 0 Å². The second kappa shape index (κ2) is 7.11. The van der Waals surface area contributed by atoms with Gasteiger partial charge in [-0.1, -0.05) is 5.16 Å². The lowest BCUT2D eigenvalue weighted by molar-refractivity contribution is -0.122. The molecule has 6 nitrogen and oxygen atoms in total. The lowest BCUT2D eigenvalue weighted by Gasteiger charge is -2.27. The van der Waals surface area contributed by atoms with Gasteiger partial charge in [0.05, 0.1) is 0 Å². The molecule has 98 valence electrons. The topological polar surface area (TPSA) is 114 Å². The summed E-state index contributed by atoms with van der Waals surface area (Å²) in [5, 5.41) is 14.7. The van der Waals surface area contributed by atoms with Crippen molar-refractivity contribution < 1.29 is 10.0 Å². The molecule has 0 heterocycles. The van der Waals surface area contributed by atoms with Crippen molar-refractivity contribution in [2.24, 2.45) is 22.5 Å². The second-order valence-electron chi connectivity index (χ2n) is 4.60. The Kier molecular flexibility index (Phi) is 5.76. The molecule has 0 aromatic heterocycles. The van der Waals surface area contributed by atoms with Gasteiger partial charge >= 0.3 is 0 Å². The van der Waals surface area contributed by atoms with Crippen molar-refractivity contribution in [2.45, 2.75) is 44.6 Å². The third-order valence-electron chi connectivity index (χ3n) is 3.30. The highest BCUT2D eigenvalue weighted by Crippen LogP contribution is 2.23. The van der Waals surface area contributed by atoms with Gasteiger partial charge in [0.25, 0.3) is 0 Å². The molecule has 1 aliphatic rings. The molecular weight excluding hydrogens is 220 g/mol. The van der Waals surface area contributed by atoms with Crippen molar-refractivity contribution >= 4 is 11.7 Å². The third kappa shape index (κ3) is 5.04. The maximum absolute atomic E-state index is 11.0. The first-order valence-corrected chi connectivity index (χ1v) is 6.12. The van der Waals surface area contributed by atoms with E-state index < -0.39 is 0 Å². The molecule has 0 aromatic carbocycles. The Hall–Kier alpha value is -1.30. The summed E-state index contributed by atoms with van der Waals surface area (Å²) in [7, 11) is 0. The molecule has 0 aromatic rings. The first-order chi connectivity index (χ1) is 8.13. The van der Waals surface area contributed by atoms with Crippen LogP contribution in [0, 0.1) is 5.92 Å². The van der Waals surface area contributed by atoms with Crippen LogP contribution in [0.3, 0.4) is 0 Å². The highest BCUT2D eigenvalue weighted by Gasteiger charge is 2.23. The van der Waals surface area contributed by atoms with E-state index in [0.29, 0.717) is 12.5 Å². The molecule has 1 rings (SSSR count). The van der Waals surface area contributed by atoms with E-state index in [1.54, 1.807) is 0 Å². The summed E-state index contributed by atoms with van der Waals surface area (Å²) in [6.07, 6.45) is 5.21. The Labute approximate surface area is 101 Å². The number of hydrogen-bond acceptors (Lipinski definition) is 4. The standard InChI is InChI=1S/C11H22N4O2/c12-10(15-17)2-1-7-14-9-5-3-8(4-6-9)11(13)16/h8-9,14,17H,1-7H2,(H2,12,15)(H2,13,16). The summed E-state index contributed by atoms with van der Waals surface area (Å²) in [5.74, 6) is 0.157. The highest BCUT2D eigenvalue weighted by molar-refractivity contribution is 5.79. The number of carbonyl (C=O) groups excluding carboxylic acids is 1. The van der Waals surface area contributed by atoms with Gasteiger partial charge < -0.3 is 22.0 Å². The maximum Gasteiger partial charge on any atom is 0.220 e. The van der Waals surface area contributed by atoms with E-state index in [4.69, 9.17) is 16.7 Å². The number of nitrogens with zero attached hydrogens (tertiary/aromatic N) is 1. The average Bonchev–Trinajstić information content (AvgIpc) is 2.34. The maximum atomic E-state index is 11.0. The number of carbonyl (C=O) groups is 1. The van der Waals surface area contributed by atoms with Crippen LogP contribution in [-0.2, 0) is 4.79 Å². The minimum atomic E-state index is -0.171. The van der Waals surface area contributed by atoms with Crippen molar-refractivity contribution in [3.63, 3.8) is 0 Å². The SMILES string of the molecule is NC(=O)C1CCC(NCCCC(N)=NO)CC1. The third-order valence-corrected chi connectivity index (χ3v) is 3.30. The zero-order valence-electron chi connectivity index (χ0n) is 10.1. The monoisotopic (exact) mass is 242 g/mol. The summed E-state index contributed by atoms with van der Waals surface area (Å²) >= 11 is 0. The fourth-order valence-corrected chi connectivity index (χ4v) is 2.21. The Morgan fingerprint density at radius 1 is 1.29 bits per heavy atom. The van der Waals surface area contributed by atoms with Gasteiger partial charge in [-0.25, -0.2) is 0 Å². The van der Waals surface area contributed by atoms with Crippen LogP contribution in [0.5, 0.6) is 0 Å². The molecule has 1 aliphatic carbocycles. The van der Waals surface area contributed by atoms with Crippen LogP contribution in [-0.4, -0.2) is 29.5 Å². The number of amides is 1. The van der Waals surface area contributed by atoms with Crippen LogP contribution in [0.2, 0.25) is 0 Å². The first kappa shape index (κ1) is 13.8. The molecule has 0 saturated heterocycles. The van der Waals surface area contributed by atoms with E-state index in [9.17, 15) is 4.79 Å². The van der Waals surface area contributed by atoms with E-state index in [-0.39, 0.29) is 17.7 Å². The number of nitrogens with two attached hydrogens (primary N) is 2. The molecule has 0 atom stereocenters. The molecule has 0 spiro atoms. The number of rotatable bonds is 6. The Balaban J connectivity index is 2.08. The average molecular weight is 242 g/mol. The second-order valence-corrected chi connectivity index (χ2v) is 4.60. The van der Waals surface area contributed by atoms with Crippen LogP contribution in [0.4, 0.5) is 0 Å². The van der Waals surface area contributed by atoms with Gasteiger partial charge in [0.15, 0.2) is 0 Å². The van der Waals surface area contributed by atoms with Crippen molar-refractivity contribution in [2.75, 3.05) is 6.54 Å². The fraction of sp³-hybridized carbons (Fsp3) is 0.818. The molecule has 17 heavy (non-hydrogen) atoms. The number of nitrogens with one attached hydrogen (secondary N) is 1. The molecule has 0 aliphatic heterocycles. The van der Waals surface area contributed by atoms with Gasteiger partial charge in [-0.05, 0) is 38.6 Å². The zero-order valence-corrected chi connectivity index (χ0v) is 10.1. The lowest BCUT2D eigenvalue weighted by atomic mass is 9.85. The minimum Gasteiger partial charge on any atom is -0.409 e. The number of oxime groups is 1. The van der Waals surface area contributed by atoms with Crippen LogP contribution in [0.1, 0.15) is 38.5 Å². The molecule has 0 bridgehead atoms. The molecular formula is C11H22N4O2. The van der Waals surface area contributed by atoms with E-state index in [1.165, 1.54) is 0 Å². The normalized spacial score (nSPS) is 25.8. The van der Waals surface area contributed by atoms with Crippen molar-refractivity contribution in [3.05, 3.63) is 0 Å². The summed E-state index contributed by atoms with van der Waals surface area (Å²) in [6.45, 7) is 0.849. The predicted molar refractivity (Wildman–Crippen MR) is 65.6 cm³/mol. The predicted octanol–water partition coefficient (Wildman–Crippen LogP) is 0.147. The van der Waals surface area contributed by atoms with Crippen LogP contribution >= 0.6 is 0 Å². The largest absolute Gasteiger partial charge is 0.409 e.